The number of aromatic nitrogens is 1. The lowest BCUT2D eigenvalue weighted by Gasteiger charge is -2.37. The smallest absolute Gasteiger partial charge is 0.289 e. The number of rotatable bonds is 3. The van der Waals surface area contributed by atoms with Crippen LogP contribution in [0.1, 0.15) is 23.2 Å². The molecule has 0 aromatic carbocycles. The van der Waals surface area contributed by atoms with E-state index in [4.69, 9.17) is 9.26 Å². The predicted molar refractivity (Wildman–Crippen MR) is 52.5 cm³/mol. The van der Waals surface area contributed by atoms with Gasteiger partial charge in [-0.2, -0.15) is 0 Å². The van der Waals surface area contributed by atoms with Crippen molar-refractivity contribution >= 4 is 5.91 Å². The summed E-state index contributed by atoms with van der Waals surface area (Å²) >= 11 is 0. The SMILES string of the molecule is Cc1cc(C(=O)NCC2(C)COC2)on1. The number of hydrogen-bond donors (Lipinski definition) is 1. The van der Waals surface area contributed by atoms with Crippen LogP contribution in [0.5, 0.6) is 0 Å². The number of amides is 1. The molecule has 0 unspecified atom stereocenters. The van der Waals surface area contributed by atoms with E-state index in [-0.39, 0.29) is 17.1 Å². The zero-order chi connectivity index (χ0) is 10.9. The molecule has 82 valence electrons. The first kappa shape index (κ1) is 10.2. The zero-order valence-electron chi connectivity index (χ0n) is 8.87. The quantitative estimate of drug-likeness (QED) is 0.799. The van der Waals surface area contributed by atoms with Gasteiger partial charge < -0.3 is 14.6 Å². The highest BCUT2D eigenvalue weighted by atomic mass is 16.5. The number of carbonyl (C=O) groups is 1. The molecule has 5 nitrogen and oxygen atoms in total. The van der Waals surface area contributed by atoms with Crippen molar-refractivity contribution in [3.8, 4) is 0 Å². The topological polar surface area (TPSA) is 64.4 Å². The van der Waals surface area contributed by atoms with Gasteiger partial charge >= 0.3 is 0 Å². The van der Waals surface area contributed by atoms with E-state index in [0.29, 0.717) is 25.5 Å². The first-order chi connectivity index (χ1) is 7.09. The number of carbonyl (C=O) groups excluding carboxylic acids is 1. The first-order valence-corrected chi connectivity index (χ1v) is 4.88. The standard InChI is InChI=1S/C10H14N2O3/c1-7-3-8(15-12-7)9(13)11-4-10(2)5-14-6-10/h3H,4-6H2,1-2H3,(H,11,13). The molecule has 0 atom stereocenters. The molecule has 0 bridgehead atoms. The van der Waals surface area contributed by atoms with E-state index >= 15 is 0 Å². The average Bonchev–Trinajstić information content (AvgIpc) is 2.58. The van der Waals surface area contributed by atoms with E-state index in [1.807, 2.05) is 0 Å². The summed E-state index contributed by atoms with van der Waals surface area (Å²) in [6, 6.07) is 1.62. The van der Waals surface area contributed by atoms with Crippen LogP contribution in [0.2, 0.25) is 0 Å². The summed E-state index contributed by atoms with van der Waals surface area (Å²) in [4.78, 5) is 11.6. The van der Waals surface area contributed by atoms with Crippen molar-refractivity contribution in [2.75, 3.05) is 19.8 Å². The van der Waals surface area contributed by atoms with Crippen molar-refractivity contribution in [1.82, 2.24) is 10.5 Å². The molecule has 1 aliphatic heterocycles. The van der Waals surface area contributed by atoms with E-state index in [1.165, 1.54) is 0 Å². The van der Waals surface area contributed by atoms with Crippen LogP contribution in [0.15, 0.2) is 10.6 Å². The molecular weight excluding hydrogens is 196 g/mol. The fraction of sp³-hybridized carbons (Fsp3) is 0.600. The largest absolute Gasteiger partial charge is 0.380 e. The molecule has 1 aromatic rings. The molecule has 2 heterocycles. The third kappa shape index (κ3) is 2.18. The van der Waals surface area contributed by atoms with Gasteiger partial charge in [0.15, 0.2) is 0 Å². The average molecular weight is 210 g/mol. The Labute approximate surface area is 87.8 Å². The van der Waals surface area contributed by atoms with Crippen LogP contribution in [-0.2, 0) is 4.74 Å². The summed E-state index contributed by atoms with van der Waals surface area (Å²) in [5.74, 6) is 0.0417. The summed E-state index contributed by atoms with van der Waals surface area (Å²) in [6.45, 7) is 5.85. The normalized spacial score (nSPS) is 18.3. The van der Waals surface area contributed by atoms with Crippen molar-refractivity contribution in [3.63, 3.8) is 0 Å². The van der Waals surface area contributed by atoms with Gasteiger partial charge in [0, 0.05) is 18.0 Å². The summed E-state index contributed by atoms with van der Waals surface area (Å²) < 4.78 is 9.94. The maximum absolute atomic E-state index is 11.6. The Hall–Kier alpha value is -1.36. The summed E-state index contributed by atoms with van der Waals surface area (Å²) in [5, 5.41) is 6.46. The Morgan fingerprint density at radius 3 is 2.87 bits per heavy atom. The Morgan fingerprint density at radius 2 is 2.40 bits per heavy atom. The third-order valence-electron chi connectivity index (χ3n) is 2.43. The highest BCUT2D eigenvalue weighted by Crippen LogP contribution is 2.25. The van der Waals surface area contributed by atoms with Crippen LogP contribution < -0.4 is 5.32 Å². The van der Waals surface area contributed by atoms with Gasteiger partial charge in [-0.15, -0.1) is 0 Å². The molecule has 0 saturated carbocycles. The molecule has 1 saturated heterocycles. The van der Waals surface area contributed by atoms with E-state index in [1.54, 1.807) is 13.0 Å². The van der Waals surface area contributed by atoms with Gasteiger partial charge in [-0.05, 0) is 6.92 Å². The summed E-state index contributed by atoms with van der Waals surface area (Å²) in [7, 11) is 0. The lowest BCUT2D eigenvalue weighted by molar-refractivity contribution is -0.0978. The summed E-state index contributed by atoms with van der Waals surface area (Å²) in [5.41, 5.74) is 0.781. The van der Waals surface area contributed by atoms with Gasteiger partial charge in [0.2, 0.25) is 5.76 Å². The summed E-state index contributed by atoms with van der Waals surface area (Å²) in [6.07, 6.45) is 0. The Bertz CT molecular complexity index is 368. The van der Waals surface area contributed by atoms with Crippen LogP contribution in [0.25, 0.3) is 0 Å². The second-order valence-electron chi connectivity index (χ2n) is 4.32. The number of nitrogens with zero attached hydrogens (tertiary/aromatic N) is 1. The predicted octanol–water partition coefficient (Wildman–Crippen LogP) is 0.749. The second-order valence-corrected chi connectivity index (χ2v) is 4.32. The van der Waals surface area contributed by atoms with Crippen molar-refractivity contribution < 1.29 is 14.1 Å². The highest BCUT2D eigenvalue weighted by Gasteiger charge is 2.33. The van der Waals surface area contributed by atoms with Crippen LogP contribution >= 0.6 is 0 Å². The minimum Gasteiger partial charge on any atom is -0.380 e. The van der Waals surface area contributed by atoms with E-state index in [2.05, 4.69) is 17.4 Å². The van der Waals surface area contributed by atoms with Gasteiger partial charge in [0.05, 0.1) is 18.9 Å². The van der Waals surface area contributed by atoms with Gasteiger partial charge in [-0.1, -0.05) is 12.1 Å². The van der Waals surface area contributed by atoms with E-state index < -0.39 is 0 Å². The number of aryl methyl sites for hydroxylation is 1. The third-order valence-corrected chi connectivity index (χ3v) is 2.43. The minimum absolute atomic E-state index is 0.0741. The van der Waals surface area contributed by atoms with Crippen LogP contribution in [0.3, 0.4) is 0 Å². The number of hydrogen-bond acceptors (Lipinski definition) is 4. The first-order valence-electron chi connectivity index (χ1n) is 4.88. The lowest BCUT2D eigenvalue weighted by Crippen LogP contribution is -2.48. The van der Waals surface area contributed by atoms with Crippen molar-refractivity contribution in [1.29, 1.82) is 0 Å². The zero-order valence-corrected chi connectivity index (χ0v) is 8.87. The molecule has 1 aliphatic rings. The highest BCUT2D eigenvalue weighted by molar-refractivity contribution is 5.91. The molecule has 1 N–H and O–H groups in total. The molecule has 5 heteroatoms. The van der Waals surface area contributed by atoms with Crippen molar-refractivity contribution in [2.24, 2.45) is 5.41 Å². The van der Waals surface area contributed by atoms with Gasteiger partial charge in [-0.25, -0.2) is 0 Å². The van der Waals surface area contributed by atoms with Gasteiger partial charge in [0.1, 0.15) is 0 Å². The van der Waals surface area contributed by atoms with Crippen LogP contribution in [0, 0.1) is 12.3 Å². The second kappa shape index (κ2) is 3.66. The number of ether oxygens (including phenoxy) is 1. The lowest BCUT2D eigenvalue weighted by atomic mass is 9.89. The van der Waals surface area contributed by atoms with Gasteiger partial charge in [-0.3, -0.25) is 4.79 Å². The maximum Gasteiger partial charge on any atom is 0.289 e. The van der Waals surface area contributed by atoms with Crippen molar-refractivity contribution in [3.05, 3.63) is 17.5 Å². The minimum atomic E-state index is -0.219. The van der Waals surface area contributed by atoms with Crippen LogP contribution in [-0.4, -0.2) is 30.8 Å². The fourth-order valence-corrected chi connectivity index (χ4v) is 1.40. The molecule has 2 rings (SSSR count). The van der Waals surface area contributed by atoms with E-state index in [9.17, 15) is 4.79 Å². The monoisotopic (exact) mass is 210 g/mol. The van der Waals surface area contributed by atoms with Crippen molar-refractivity contribution in [2.45, 2.75) is 13.8 Å². The number of nitrogens with one attached hydrogen (secondary N) is 1. The van der Waals surface area contributed by atoms with Crippen LogP contribution in [0.4, 0.5) is 0 Å². The molecule has 0 spiro atoms. The molecule has 1 fully saturated rings. The van der Waals surface area contributed by atoms with Gasteiger partial charge in [0.25, 0.3) is 5.91 Å². The fourth-order valence-electron chi connectivity index (χ4n) is 1.40. The Morgan fingerprint density at radius 1 is 1.67 bits per heavy atom. The molecule has 15 heavy (non-hydrogen) atoms. The van der Waals surface area contributed by atoms with E-state index in [0.717, 1.165) is 0 Å². The molecule has 0 aliphatic carbocycles. The molecule has 0 radical (unpaired) electrons. The Balaban J connectivity index is 1.87. The molecule has 1 amide bonds. The Kier molecular flexibility index (Phi) is 2.48. The molecular formula is C10H14N2O3. The maximum atomic E-state index is 11.6. The molecule has 1 aromatic heterocycles.